The van der Waals surface area contributed by atoms with Crippen molar-refractivity contribution in [2.24, 2.45) is 0 Å². The zero-order valence-corrected chi connectivity index (χ0v) is 12.0. The number of hydrogen-bond acceptors (Lipinski definition) is 4. The Hall–Kier alpha value is -1.99. The van der Waals surface area contributed by atoms with Crippen molar-refractivity contribution in [3.63, 3.8) is 0 Å². The largest absolute Gasteiger partial charge is 0.481 e. The third kappa shape index (κ3) is 3.56. The SMILES string of the molecule is Cc1c(CN[C@H](CC(=O)O)C(=O)O)sc2cc(F)ccc12. The quantitative estimate of drug-likeness (QED) is 0.762. The van der Waals surface area contributed by atoms with Crippen LogP contribution in [0.25, 0.3) is 10.1 Å². The van der Waals surface area contributed by atoms with E-state index < -0.39 is 24.4 Å². The van der Waals surface area contributed by atoms with Gasteiger partial charge in [-0.15, -0.1) is 11.3 Å². The molecule has 0 bridgehead atoms. The number of carboxylic acids is 2. The summed E-state index contributed by atoms with van der Waals surface area (Å²) in [6, 6.07) is 3.35. The number of thiophene rings is 1. The van der Waals surface area contributed by atoms with Crippen LogP contribution in [0.4, 0.5) is 4.39 Å². The van der Waals surface area contributed by atoms with E-state index in [2.05, 4.69) is 5.32 Å². The topological polar surface area (TPSA) is 86.6 Å². The first kappa shape index (κ1) is 15.4. The molecular weight excluding hydrogens is 297 g/mol. The van der Waals surface area contributed by atoms with Gasteiger partial charge >= 0.3 is 11.9 Å². The van der Waals surface area contributed by atoms with Crippen LogP contribution in [0.5, 0.6) is 0 Å². The van der Waals surface area contributed by atoms with Crippen LogP contribution in [-0.4, -0.2) is 28.2 Å². The highest BCUT2D eigenvalue weighted by atomic mass is 32.1. The van der Waals surface area contributed by atoms with Gasteiger partial charge in [0.1, 0.15) is 11.9 Å². The summed E-state index contributed by atoms with van der Waals surface area (Å²) in [5, 5.41) is 21.3. The smallest absolute Gasteiger partial charge is 0.321 e. The van der Waals surface area contributed by atoms with Crippen LogP contribution >= 0.6 is 11.3 Å². The Morgan fingerprint density at radius 1 is 1.38 bits per heavy atom. The number of aryl methyl sites for hydroxylation is 1. The number of carboxylic acid groups (broad SMARTS) is 2. The van der Waals surface area contributed by atoms with Crippen molar-refractivity contribution in [3.8, 4) is 0 Å². The highest BCUT2D eigenvalue weighted by molar-refractivity contribution is 7.19. The van der Waals surface area contributed by atoms with Gasteiger partial charge in [0, 0.05) is 16.1 Å². The Bertz CT molecular complexity index is 698. The van der Waals surface area contributed by atoms with Gasteiger partial charge in [-0.05, 0) is 30.0 Å². The first-order valence-electron chi connectivity index (χ1n) is 6.24. The molecule has 7 heteroatoms. The van der Waals surface area contributed by atoms with Gasteiger partial charge in [-0.2, -0.15) is 0 Å². The van der Waals surface area contributed by atoms with Crippen molar-refractivity contribution in [2.45, 2.75) is 25.9 Å². The normalized spacial score (nSPS) is 12.5. The molecule has 0 radical (unpaired) electrons. The van der Waals surface area contributed by atoms with Crippen LogP contribution in [0.2, 0.25) is 0 Å². The molecule has 0 saturated heterocycles. The zero-order chi connectivity index (χ0) is 15.6. The molecule has 0 saturated carbocycles. The second kappa shape index (κ2) is 6.19. The van der Waals surface area contributed by atoms with Crippen LogP contribution < -0.4 is 5.32 Å². The van der Waals surface area contributed by atoms with E-state index in [0.29, 0.717) is 0 Å². The van der Waals surface area contributed by atoms with Crippen LogP contribution in [-0.2, 0) is 16.1 Å². The van der Waals surface area contributed by atoms with E-state index in [0.717, 1.165) is 20.5 Å². The summed E-state index contributed by atoms with van der Waals surface area (Å²) in [6.07, 6.45) is -0.492. The average molecular weight is 311 g/mol. The van der Waals surface area contributed by atoms with Crippen LogP contribution in [0, 0.1) is 12.7 Å². The van der Waals surface area contributed by atoms with Crippen molar-refractivity contribution < 1.29 is 24.2 Å². The third-order valence-electron chi connectivity index (χ3n) is 3.18. The van der Waals surface area contributed by atoms with E-state index in [1.807, 2.05) is 6.92 Å². The lowest BCUT2D eigenvalue weighted by Gasteiger charge is -2.11. The summed E-state index contributed by atoms with van der Waals surface area (Å²) in [4.78, 5) is 22.5. The molecule has 112 valence electrons. The van der Waals surface area contributed by atoms with Gasteiger partial charge in [-0.25, -0.2) is 4.39 Å². The molecule has 1 heterocycles. The molecule has 0 fully saturated rings. The Kier molecular flexibility index (Phi) is 4.54. The molecule has 0 unspecified atom stereocenters. The molecule has 0 amide bonds. The van der Waals surface area contributed by atoms with Crippen LogP contribution in [0.1, 0.15) is 16.9 Å². The van der Waals surface area contributed by atoms with Gasteiger partial charge in [0.2, 0.25) is 0 Å². The third-order valence-corrected chi connectivity index (χ3v) is 4.44. The van der Waals surface area contributed by atoms with Gasteiger partial charge in [-0.1, -0.05) is 6.07 Å². The predicted molar refractivity (Wildman–Crippen MR) is 77.0 cm³/mol. The van der Waals surface area contributed by atoms with Gasteiger partial charge in [-0.3, -0.25) is 14.9 Å². The van der Waals surface area contributed by atoms with Crippen molar-refractivity contribution in [3.05, 3.63) is 34.5 Å². The first-order valence-corrected chi connectivity index (χ1v) is 7.05. The second-order valence-electron chi connectivity index (χ2n) is 4.66. The molecule has 21 heavy (non-hydrogen) atoms. The summed E-state index contributed by atoms with van der Waals surface area (Å²) in [5.74, 6) is -2.70. The lowest BCUT2D eigenvalue weighted by atomic mass is 10.1. The Morgan fingerprint density at radius 2 is 2.10 bits per heavy atom. The van der Waals surface area contributed by atoms with Crippen molar-refractivity contribution >= 4 is 33.4 Å². The highest BCUT2D eigenvalue weighted by Gasteiger charge is 2.21. The van der Waals surface area contributed by atoms with Crippen LogP contribution in [0.3, 0.4) is 0 Å². The summed E-state index contributed by atoms with van der Waals surface area (Å²) < 4.78 is 14.0. The minimum Gasteiger partial charge on any atom is -0.481 e. The second-order valence-corrected chi connectivity index (χ2v) is 5.80. The monoisotopic (exact) mass is 311 g/mol. The summed E-state index contributed by atoms with van der Waals surface area (Å²) in [7, 11) is 0. The maximum Gasteiger partial charge on any atom is 0.321 e. The summed E-state index contributed by atoms with van der Waals surface area (Å²) in [5.41, 5.74) is 0.946. The fraction of sp³-hybridized carbons (Fsp3) is 0.286. The van der Waals surface area contributed by atoms with Crippen LogP contribution in [0.15, 0.2) is 18.2 Å². The van der Waals surface area contributed by atoms with Gasteiger partial charge in [0.25, 0.3) is 0 Å². The van der Waals surface area contributed by atoms with E-state index in [-0.39, 0.29) is 12.4 Å². The Labute approximate surface area is 124 Å². The van der Waals surface area contributed by atoms with E-state index in [1.165, 1.54) is 23.5 Å². The summed E-state index contributed by atoms with van der Waals surface area (Å²) >= 11 is 1.37. The number of nitrogens with one attached hydrogen (secondary N) is 1. The van der Waals surface area contributed by atoms with E-state index >= 15 is 0 Å². The number of rotatable bonds is 6. The lowest BCUT2D eigenvalue weighted by molar-refractivity contribution is -0.146. The maximum absolute atomic E-state index is 13.2. The fourth-order valence-corrected chi connectivity index (χ4v) is 3.24. The molecule has 1 aromatic carbocycles. The highest BCUT2D eigenvalue weighted by Crippen LogP contribution is 2.31. The lowest BCUT2D eigenvalue weighted by Crippen LogP contribution is -2.38. The maximum atomic E-state index is 13.2. The number of hydrogen-bond donors (Lipinski definition) is 3. The molecule has 3 N–H and O–H groups in total. The molecule has 0 aliphatic heterocycles. The minimum atomic E-state index is -1.21. The van der Waals surface area contributed by atoms with E-state index in [9.17, 15) is 14.0 Å². The Balaban J connectivity index is 2.17. The number of aliphatic carboxylic acids is 2. The van der Waals surface area contributed by atoms with Gasteiger partial charge in [0.05, 0.1) is 6.42 Å². The average Bonchev–Trinajstić information content (AvgIpc) is 2.70. The van der Waals surface area contributed by atoms with Crippen molar-refractivity contribution in [1.29, 1.82) is 0 Å². The molecule has 5 nitrogen and oxygen atoms in total. The molecule has 2 aromatic rings. The van der Waals surface area contributed by atoms with Gasteiger partial charge < -0.3 is 10.2 Å². The number of fused-ring (bicyclic) bond motifs is 1. The van der Waals surface area contributed by atoms with Crippen molar-refractivity contribution in [1.82, 2.24) is 5.32 Å². The minimum absolute atomic E-state index is 0.233. The molecule has 1 aromatic heterocycles. The predicted octanol–water partition coefficient (Wildman–Crippen LogP) is 2.37. The zero-order valence-electron chi connectivity index (χ0n) is 11.2. The van der Waals surface area contributed by atoms with E-state index in [1.54, 1.807) is 6.07 Å². The number of carbonyl (C=O) groups is 2. The number of halogens is 1. The molecule has 0 aliphatic carbocycles. The molecule has 0 aliphatic rings. The molecule has 1 atom stereocenters. The molecule has 0 spiro atoms. The Morgan fingerprint density at radius 3 is 2.71 bits per heavy atom. The fourth-order valence-electron chi connectivity index (χ4n) is 2.06. The molecule has 2 rings (SSSR count). The van der Waals surface area contributed by atoms with E-state index in [4.69, 9.17) is 10.2 Å². The number of benzene rings is 1. The summed E-state index contributed by atoms with van der Waals surface area (Å²) in [6.45, 7) is 2.11. The molecular formula is C14H14FNO4S. The first-order chi connectivity index (χ1) is 9.88. The van der Waals surface area contributed by atoms with Gasteiger partial charge in [0.15, 0.2) is 0 Å². The van der Waals surface area contributed by atoms with Crippen molar-refractivity contribution in [2.75, 3.05) is 0 Å². The standard InChI is InChI=1S/C14H14FNO4S/c1-7-9-3-2-8(15)4-11(9)21-12(7)6-16-10(14(19)20)5-13(17)18/h2-4,10,16H,5-6H2,1H3,(H,17,18)(H,19,20)/t10-/m1/s1.